The molecule has 0 spiro atoms. The summed E-state index contributed by atoms with van der Waals surface area (Å²) < 4.78 is 34.8. The zero-order valence-corrected chi connectivity index (χ0v) is 27.0. The molecule has 0 heterocycles. The first-order chi connectivity index (χ1) is 19.8. The van der Waals surface area contributed by atoms with Crippen LogP contribution in [0.3, 0.4) is 0 Å². The van der Waals surface area contributed by atoms with Gasteiger partial charge in [0.25, 0.3) is 10.0 Å². The molecule has 0 radical (unpaired) electrons. The van der Waals surface area contributed by atoms with Gasteiger partial charge in [-0.15, -0.1) is 0 Å². The van der Waals surface area contributed by atoms with E-state index in [4.69, 9.17) is 27.9 Å². The van der Waals surface area contributed by atoms with Crippen LogP contribution in [0.25, 0.3) is 0 Å². The van der Waals surface area contributed by atoms with E-state index in [0.29, 0.717) is 15.6 Å². The van der Waals surface area contributed by atoms with E-state index >= 15 is 0 Å². The molecule has 0 saturated carbocycles. The lowest BCUT2D eigenvalue weighted by atomic mass is 10.1. The zero-order chi connectivity index (χ0) is 31.2. The molecule has 8 nitrogen and oxygen atoms in total. The Labute approximate surface area is 258 Å². The van der Waals surface area contributed by atoms with Gasteiger partial charge >= 0.3 is 0 Å². The highest BCUT2D eigenvalue weighted by atomic mass is 35.5. The fourth-order valence-electron chi connectivity index (χ4n) is 4.50. The molecule has 0 bridgehead atoms. The molecule has 0 aliphatic rings. The summed E-state index contributed by atoms with van der Waals surface area (Å²) in [6, 6.07) is 15.3. The molecule has 0 unspecified atom stereocenters. The van der Waals surface area contributed by atoms with Crippen LogP contribution in [-0.2, 0) is 26.2 Å². The van der Waals surface area contributed by atoms with Crippen LogP contribution >= 0.6 is 23.2 Å². The van der Waals surface area contributed by atoms with Crippen molar-refractivity contribution in [2.24, 2.45) is 0 Å². The molecule has 0 saturated heterocycles. The molecule has 226 valence electrons. The molecule has 0 aliphatic heterocycles. The molecule has 0 fully saturated rings. The third-order valence-electron chi connectivity index (χ3n) is 6.70. The van der Waals surface area contributed by atoms with Gasteiger partial charge in [0.05, 0.1) is 17.7 Å². The molecular weight excluding hydrogens is 597 g/mol. The first kappa shape index (κ1) is 33.2. The average Bonchev–Trinajstić information content (AvgIpc) is 2.92. The largest absolute Gasteiger partial charge is 0.495 e. The fourth-order valence-corrected chi connectivity index (χ4v) is 6.43. The summed E-state index contributed by atoms with van der Waals surface area (Å²) in [6.45, 7) is 8.38. The van der Waals surface area contributed by atoms with Crippen LogP contribution in [0.2, 0.25) is 10.0 Å². The van der Waals surface area contributed by atoms with Crippen molar-refractivity contribution in [3.8, 4) is 5.75 Å². The molecule has 2 amide bonds. The number of ether oxygens (including phenoxy) is 1. The number of halogens is 2. The minimum atomic E-state index is -4.26. The summed E-state index contributed by atoms with van der Waals surface area (Å²) in [7, 11) is -2.82. The SMILES string of the molecule is CC[C@@H](C(=O)NC(C)C)N(Cc1c(Cl)cccc1Cl)C(=O)CN(c1cc(C)ccc1OC)S(=O)(=O)c1ccc(C)cc1. The van der Waals surface area contributed by atoms with Crippen molar-refractivity contribution in [2.75, 3.05) is 18.0 Å². The molecule has 11 heteroatoms. The molecule has 1 N–H and O–H groups in total. The summed E-state index contributed by atoms with van der Waals surface area (Å²) in [5.74, 6) is -0.713. The maximum Gasteiger partial charge on any atom is 0.264 e. The number of methoxy groups -OCH3 is 1. The Kier molecular flexibility index (Phi) is 11.3. The lowest BCUT2D eigenvalue weighted by Gasteiger charge is -2.34. The molecule has 0 aliphatic carbocycles. The van der Waals surface area contributed by atoms with E-state index in [1.807, 2.05) is 27.7 Å². The number of rotatable bonds is 12. The normalized spacial score (nSPS) is 12.1. The zero-order valence-electron chi connectivity index (χ0n) is 24.6. The smallest absolute Gasteiger partial charge is 0.264 e. The fraction of sp³-hybridized carbons (Fsp3) is 0.355. The van der Waals surface area contributed by atoms with Gasteiger partial charge < -0.3 is 15.0 Å². The second-order valence-electron chi connectivity index (χ2n) is 10.3. The van der Waals surface area contributed by atoms with Gasteiger partial charge in [-0.05, 0) is 76.1 Å². The average molecular weight is 635 g/mol. The van der Waals surface area contributed by atoms with Gasteiger partial charge in [0.1, 0.15) is 18.3 Å². The van der Waals surface area contributed by atoms with Crippen molar-refractivity contribution >= 4 is 50.7 Å². The van der Waals surface area contributed by atoms with Crippen molar-refractivity contribution in [2.45, 2.75) is 64.6 Å². The minimum absolute atomic E-state index is 0.00903. The topological polar surface area (TPSA) is 96.0 Å². The Bertz CT molecular complexity index is 1510. The summed E-state index contributed by atoms with van der Waals surface area (Å²) >= 11 is 12.9. The Morgan fingerprint density at radius 2 is 1.55 bits per heavy atom. The molecule has 0 aromatic heterocycles. The quantitative estimate of drug-likeness (QED) is 0.258. The van der Waals surface area contributed by atoms with Crippen molar-refractivity contribution in [3.05, 3.63) is 87.4 Å². The van der Waals surface area contributed by atoms with E-state index < -0.39 is 28.5 Å². The van der Waals surface area contributed by atoms with Gasteiger partial charge in [-0.2, -0.15) is 0 Å². The van der Waals surface area contributed by atoms with Crippen molar-refractivity contribution < 1.29 is 22.7 Å². The maximum atomic E-state index is 14.3. The van der Waals surface area contributed by atoms with Crippen LogP contribution in [0.5, 0.6) is 5.75 Å². The second kappa shape index (κ2) is 14.3. The third kappa shape index (κ3) is 7.76. The Morgan fingerprint density at radius 3 is 2.10 bits per heavy atom. The van der Waals surface area contributed by atoms with Gasteiger partial charge in [-0.1, -0.05) is 60.0 Å². The number of sulfonamides is 1. The van der Waals surface area contributed by atoms with Gasteiger partial charge in [0, 0.05) is 28.2 Å². The summed E-state index contributed by atoms with van der Waals surface area (Å²) in [4.78, 5) is 28.9. The van der Waals surface area contributed by atoms with Crippen LogP contribution in [-0.4, -0.2) is 50.9 Å². The first-order valence-corrected chi connectivity index (χ1v) is 15.8. The molecule has 42 heavy (non-hydrogen) atoms. The number of hydrogen-bond donors (Lipinski definition) is 1. The van der Waals surface area contributed by atoms with Crippen LogP contribution in [0.1, 0.15) is 43.9 Å². The standard InChI is InChI=1S/C31H37Cl2N3O5S/c1-7-27(31(38)34-20(2)3)35(18-24-25(32)9-8-10-26(24)33)30(37)19-36(28-17-22(5)13-16-29(28)41-6)42(39,40)23-14-11-21(4)12-15-23/h8-17,20,27H,7,18-19H2,1-6H3,(H,34,38)/t27-/m0/s1. The number of carbonyl (C=O) groups excluding carboxylic acids is 2. The number of amides is 2. The van der Waals surface area contributed by atoms with Crippen molar-refractivity contribution in [1.29, 1.82) is 0 Å². The lowest BCUT2D eigenvalue weighted by Crippen LogP contribution is -2.53. The molecule has 3 aromatic carbocycles. The molecule has 3 rings (SSSR count). The number of anilines is 1. The Hall–Kier alpha value is -3.27. The van der Waals surface area contributed by atoms with E-state index in [0.717, 1.165) is 15.4 Å². The monoisotopic (exact) mass is 633 g/mol. The van der Waals surface area contributed by atoms with Crippen LogP contribution in [0.15, 0.2) is 65.6 Å². The number of aryl methyl sites for hydroxylation is 2. The highest BCUT2D eigenvalue weighted by molar-refractivity contribution is 7.92. The van der Waals surface area contributed by atoms with Gasteiger partial charge in [0.15, 0.2) is 0 Å². The van der Waals surface area contributed by atoms with Gasteiger partial charge in [-0.25, -0.2) is 8.42 Å². The van der Waals surface area contributed by atoms with Gasteiger partial charge in [-0.3, -0.25) is 13.9 Å². The van der Waals surface area contributed by atoms with E-state index in [1.165, 1.54) is 24.1 Å². The van der Waals surface area contributed by atoms with E-state index in [-0.39, 0.29) is 41.2 Å². The second-order valence-corrected chi connectivity index (χ2v) is 13.0. The van der Waals surface area contributed by atoms with E-state index in [2.05, 4.69) is 5.32 Å². The van der Waals surface area contributed by atoms with Crippen LogP contribution in [0, 0.1) is 13.8 Å². The predicted octanol–water partition coefficient (Wildman–Crippen LogP) is 6.15. The van der Waals surface area contributed by atoms with Crippen LogP contribution < -0.4 is 14.4 Å². The van der Waals surface area contributed by atoms with Crippen LogP contribution in [0.4, 0.5) is 5.69 Å². The number of nitrogens with one attached hydrogen (secondary N) is 1. The Morgan fingerprint density at radius 1 is 0.952 bits per heavy atom. The Balaban J connectivity index is 2.17. The summed E-state index contributed by atoms with van der Waals surface area (Å²) in [5, 5.41) is 3.51. The van der Waals surface area contributed by atoms with Gasteiger partial charge in [0.2, 0.25) is 11.8 Å². The van der Waals surface area contributed by atoms with E-state index in [9.17, 15) is 18.0 Å². The van der Waals surface area contributed by atoms with Crippen molar-refractivity contribution in [3.63, 3.8) is 0 Å². The third-order valence-corrected chi connectivity index (χ3v) is 9.18. The minimum Gasteiger partial charge on any atom is -0.495 e. The molecular formula is C31H37Cl2N3O5S. The number of nitrogens with zero attached hydrogens (tertiary/aromatic N) is 2. The van der Waals surface area contributed by atoms with E-state index in [1.54, 1.807) is 55.5 Å². The highest BCUT2D eigenvalue weighted by Gasteiger charge is 2.35. The number of carbonyl (C=O) groups is 2. The number of hydrogen-bond acceptors (Lipinski definition) is 5. The number of benzene rings is 3. The highest BCUT2D eigenvalue weighted by Crippen LogP contribution is 2.34. The lowest BCUT2D eigenvalue weighted by molar-refractivity contribution is -0.140. The maximum absolute atomic E-state index is 14.3. The molecule has 1 atom stereocenters. The summed E-state index contributed by atoms with van der Waals surface area (Å²) in [5.41, 5.74) is 2.30. The van der Waals surface area contributed by atoms with Crippen molar-refractivity contribution in [1.82, 2.24) is 10.2 Å². The first-order valence-electron chi connectivity index (χ1n) is 13.6. The predicted molar refractivity (Wildman–Crippen MR) is 168 cm³/mol. The summed E-state index contributed by atoms with van der Waals surface area (Å²) in [6.07, 6.45) is 0.269. The molecule has 3 aromatic rings.